The molecule has 0 bridgehead atoms. The molecule has 5 nitrogen and oxygen atoms in total. The fourth-order valence-electron chi connectivity index (χ4n) is 1.16. The number of nitrogens with zero attached hydrogens (tertiary/aromatic N) is 2. The maximum atomic E-state index is 10.0. The van der Waals surface area contributed by atoms with E-state index in [1.165, 1.54) is 6.20 Å². The Hall–Kier alpha value is -0.983. The Morgan fingerprint density at radius 1 is 1.44 bits per heavy atom. The highest BCUT2D eigenvalue weighted by molar-refractivity contribution is 6.74. The number of hydrogen-bond donors (Lipinski definition) is 2. The summed E-state index contributed by atoms with van der Waals surface area (Å²) in [6.07, 6.45) is 0.775. The predicted octanol–water partition coefficient (Wildman–Crippen LogP) is 2.11. The van der Waals surface area contributed by atoms with Gasteiger partial charge in [-0.2, -0.15) is 0 Å². The third-order valence-electron chi connectivity index (χ3n) is 3.45. The van der Waals surface area contributed by atoms with Crippen LogP contribution in [0.2, 0.25) is 18.1 Å². The lowest BCUT2D eigenvalue weighted by atomic mass is 10.2. The highest BCUT2D eigenvalue weighted by atomic mass is 28.4. The van der Waals surface area contributed by atoms with Crippen LogP contribution >= 0.6 is 0 Å². The zero-order valence-electron chi connectivity index (χ0n) is 11.8. The molecule has 1 rings (SSSR count). The highest BCUT2D eigenvalue weighted by Crippen LogP contribution is 2.37. The van der Waals surface area contributed by atoms with E-state index in [0.29, 0.717) is 5.69 Å². The van der Waals surface area contributed by atoms with Gasteiger partial charge in [-0.15, -0.1) is 0 Å². The molecule has 0 radical (unpaired) electrons. The van der Waals surface area contributed by atoms with Crippen molar-refractivity contribution in [1.29, 1.82) is 0 Å². The molecule has 1 aromatic rings. The van der Waals surface area contributed by atoms with Gasteiger partial charge < -0.3 is 15.3 Å². The van der Waals surface area contributed by atoms with Crippen LogP contribution in [0, 0.1) is 0 Å². The van der Waals surface area contributed by atoms with Gasteiger partial charge in [0.1, 0.15) is 6.10 Å². The van der Waals surface area contributed by atoms with E-state index in [1.807, 2.05) is 0 Å². The van der Waals surface area contributed by atoms with Gasteiger partial charge >= 0.3 is 0 Å². The molecule has 6 heteroatoms. The van der Waals surface area contributed by atoms with Gasteiger partial charge in [-0.1, -0.05) is 20.8 Å². The van der Waals surface area contributed by atoms with Gasteiger partial charge in [-0.05, 0) is 24.2 Å². The van der Waals surface area contributed by atoms with Crippen LogP contribution in [0.4, 0.5) is 5.95 Å². The topological polar surface area (TPSA) is 81.3 Å². The summed E-state index contributed by atoms with van der Waals surface area (Å²) < 4.78 is 5.94. The largest absolute Gasteiger partial charge is 0.414 e. The van der Waals surface area contributed by atoms with E-state index in [4.69, 9.17) is 10.2 Å². The molecular weight excluding hydrogens is 246 g/mol. The van der Waals surface area contributed by atoms with Crippen molar-refractivity contribution in [2.24, 2.45) is 0 Å². The molecule has 3 N–H and O–H groups in total. The first-order valence-electron chi connectivity index (χ1n) is 6.04. The maximum Gasteiger partial charge on any atom is 0.220 e. The van der Waals surface area contributed by atoms with Gasteiger partial charge in [0.25, 0.3) is 0 Å². The molecule has 0 spiro atoms. The van der Waals surface area contributed by atoms with E-state index in [0.717, 1.165) is 0 Å². The fourth-order valence-corrected chi connectivity index (χ4v) is 2.17. The first-order valence-corrected chi connectivity index (χ1v) is 8.95. The molecule has 1 atom stereocenters. The first kappa shape index (κ1) is 15.1. The lowest BCUT2D eigenvalue weighted by molar-refractivity contribution is 0.0970. The van der Waals surface area contributed by atoms with Crippen molar-refractivity contribution >= 4 is 14.3 Å². The van der Waals surface area contributed by atoms with E-state index >= 15 is 0 Å². The van der Waals surface area contributed by atoms with Crippen LogP contribution in [0.15, 0.2) is 12.3 Å². The molecule has 1 unspecified atom stereocenters. The molecule has 0 saturated carbocycles. The maximum absolute atomic E-state index is 10.0. The van der Waals surface area contributed by atoms with Crippen LogP contribution in [0.5, 0.6) is 0 Å². The molecular formula is C12H23N3O2Si. The summed E-state index contributed by atoms with van der Waals surface area (Å²) >= 11 is 0. The van der Waals surface area contributed by atoms with E-state index in [1.54, 1.807) is 6.07 Å². The standard InChI is InChI=1S/C12H23N3O2Si/c1-12(2,3)18(4,5)17-8-10(16)9-6-7-14-11(13)15-9/h6-7,10,16H,8H2,1-5H3,(H2,13,14,15). The third kappa shape index (κ3) is 3.76. The zero-order valence-corrected chi connectivity index (χ0v) is 12.8. The Balaban J connectivity index is 2.64. The number of hydrogen-bond acceptors (Lipinski definition) is 5. The molecule has 1 heterocycles. The van der Waals surface area contributed by atoms with Gasteiger partial charge in [0.15, 0.2) is 8.32 Å². The molecule has 0 saturated heterocycles. The smallest absolute Gasteiger partial charge is 0.220 e. The summed E-state index contributed by atoms with van der Waals surface area (Å²) in [4.78, 5) is 7.78. The van der Waals surface area contributed by atoms with E-state index < -0.39 is 14.4 Å². The number of nitrogen functional groups attached to an aromatic ring is 1. The van der Waals surface area contributed by atoms with Gasteiger partial charge in [0, 0.05) is 6.20 Å². The van der Waals surface area contributed by atoms with Gasteiger partial charge in [0.2, 0.25) is 5.95 Å². The monoisotopic (exact) mass is 269 g/mol. The van der Waals surface area contributed by atoms with E-state index in [9.17, 15) is 5.11 Å². The minimum Gasteiger partial charge on any atom is -0.414 e. The predicted molar refractivity (Wildman–Crippen MR) is 74.6 cm³/mol. The fraction of sp³-hybridized carbons (Fsp3) is 0.667. The highest BCUT2D eigenvalue weighted by Gasteiger charge is 2.37. The first-order chi connectivity index (χ1) is 8.13. The van der Waals surface area contributed by atoms with Crippen molar-refractivity contribution < 1.29 is 9.53 Å². The Kier molecular flexibility index (Phi) is 4.47. The summed E-state index contributed by atoms with van der Waals surface area (Å²) in [5.41, 5.74) is 5.98. The molecule has 0 aliphatic rings. The lowest BCUT2D eigenvalue weighted by Crippen LogP contribution is -2.41. The number of aliphatic hydroxyl groups excluding tert-OH is 1. The number of anilines is 1. The third-order valence-corrected chi connectivity index (χ3v) is 7.95. The molecule has 0 aromatic carbocycles. The Bertz CT molecular complexity index is 405. The van der Waals surface area contributed by atoms with Crippen LogP contribution in [-0.2, 0) is 4.43 Å². The molecule has 1 aromatic heterocycles. The van der Waals surface area contributed by atoms with Crippen LogP contribution in [0.25, 0.3) is 0 Å². The van der Waals surface area contributed by atoms with Crippen LogP contribution in [-0.4, -0.2) is 30.0 Å². The molecule has 0 fully saturated rings. The summed E-state index contributed by atoms with van der Waals surface area (Å²) in [6.45, 7) is 11.0. The summed E-state index contributed by atoms with van der Waals surface area (Å²) in [5.74, 6) is 0.166. The van der Waals surface area contributed by atoms with E-state index in [2.05, 4.69) is 43.8 Å². The van der Waals surface area contributed by atoms with Crippen molar-refractivity contribution in [2.75, 3.05) is 12.3 Å². The molecule has 0 amide bonds. The van der Waals surface area contributed by atoms with Crippen LogP contribution in [0.3, 0.4) is 0 Å². The summed E-state index contributed by atoms with van der Waals surface area (Å²) in [7, 11) is -1.85. The second kappa shape index (κ2) is 5.34. The number of aromatic nitrogens is 2. The minimum atomic E-state index is -1.85. The number of rotatable bonds is 4. The molecule has 102 valence electrons. The summed E-state index contributed by atoms with van der Waals surface area (Å²) in [6, 6.07) is 1.65. The quantitative estimate of drug-likeness (QED) is 0.818. The van der Waals surface area contributed by atoms with Crippen LogP contribution < -0.4 is 5.73 Å². The van der Waals surface area contributed by atoms with Crippen LogP contribution in [0.1, 0.15) is 32.6 Å². The Morgan fingerprint density at radius 2 is 2.06 bits per heavy atom. The van der Waals surface area contributed by atoms with Gasteiger partial charge in [-0.25, -0.2) is 9.97 Å². The molecule has 0 aliphatic carbocycles. The average molecular weight is 269 g/mol. The van der Waals surface area contributed by atoms with Gasteiger partial charge in [-0.3, -0.25) is 0 Å². The SMILES string of the molecule is CC(C)(C)[Si](C)(C)OCC(O)c1ccnc(N)n1. The normalized spacial score (nSPS) is 14.6. The van der Waals surface area contributed by atoms with Crippen molar-refractivity contribution in [3.8, 4) is 0 Å². The van der Waals surface area contributed by atoms with Crippen molar-refractivity contribution in [3.05, 3.63) is 18.0 Å². The van der Waals surface area contributed by atoms with Crippen molar-refractivity contribution in [2.45, 2.75) is 45.0 Å². The Labute approximate surface area is 110 Å². The average Bonchev–Trinajstić information content (AvgIpc) is 2.24. The molecule has 0 aliphatic heterocycles. The molecule has 18 heavy (non-hydrogen) atoms. The number of nitrogens with two attached hydrogens (primary N) is 1. The van der Waals surface area contributed by atoms with Crippen molar-refractivity contribution in [1.82, 2.24) is 9.97 Å². The van der Waals surface area contributed by atoms with Gasteiger partial charge in [0.05, 0.1) is 12.3 Å². The number of aliphatic hydroxyl groups is 1. The summed E-state index contributed by atoms with van der Waals surface area (Å²) in [5, 5.41) is 10.1. The lowest BCUT2D eigenvalue weighted by Gasteiger charge is -2.36. The second-order valence-electron chi connectivity index (χ2n) is 5.93. The van der Waals surface area contributed by atoms with Crippen molar-refractivity contribution in [3.63, 3.8) is 0 Å². The second-order valence-corrected chi connectivity index (χ2v) is 10.7. The minimum absolute atomic E-state index is 0.122. The Morgan fingerprint density at radius 3 is 2.56 bits per heavy atom. The zero-order chi connectivity index (χ0) is 14.0. The van der Waals surface area contributed by atoms with E-state index in [-0.39, 0.29) is 17.6 Å².